The Morgan fingerprint density at radius 1 is 1.21 bits per heavy atom. The summed E-state index contributed by atoms with van der Waals surface area (Å²) in [7, 11) is 0. The number of anilines is 1. The Hall–Kier alpha value is -1.84. The minimum Gasteiger partial charge on any atom is -0.384 e. The van der Waals surface area contributed by atoms with Crippen molar-refractivity contribution < 1.29 is 0 Å². The molecule has 1 N–H and O–H groups in total. The molecule has 2 heterocycles. The second-order valence-corrected chi connectivity index (χ2v) is 5.24. The lowest BCUT2D eigenvalue weighted by Gasteiger charge is -2.22. The predicted molar refractivity (Wildman–Crippen MR) is 76.4 cm³/mol. The normalized spacial score (nSPS) is 16.4. The first kappa shape index (κ1) is 12.2. The van der Waals surface area contributed by atoms with Crippen molar-refractivity contribution in [1.82, 2.24) is 14.8 Å². The molecule has 0 radical (unpaired) electrons. The molecule has 0 unspecified atom stereocenters. The van der Waals surface area contributed by atoms with Crippen molar-refractivity contribution in [2.45, 2.75) is 32.1 Å². The number of aromatic nitrogens is 3. The molecule has 0 spiro atoms. The van der Waals surface area contributed by atoms with Crippen LogP contribution in [-0.2, 0) is 0 Å². The second kappa shape index (κ2) is 5.87. The van der Waals surface area contributed by atoms with Crippen LogP contribution >= 0.6 is 0 Å². The van der Waals surface area contributed by atoms with Gasteiger partial charge in [0.1, 0.15) is 0 Å². The van der Waals surface area contributed by atoms with Gasteiger partial charge in [0, 0.05) is 18.9 Å². The number of nitrogens with one attached hydrogen (secondary N) is 1. The quantitative estimate of drug-likeness (QED) is 0.913. The monoisotopic (exact) mass is 256 g/mol. The van der Waals surface area contributed by atoms with E-state index in [1.165, 1.54) is 32.1 Å². The molecule has 0 aliphatic heterocycles. The van der Waals surface area contributed by atoms with E-state index in [1.54, 1.807) is 10.9 Å². The zero-order valence-corrected chi connectivity index (χ0v) is 11.1. The van der Waals surface area contributed by atoms with Crippen LogP contribution in [0.2, 0.25) is 0 Å². The van der Waals surface area contributed by atoms with Crippen molar-refractivity contribution in [3.63, 3.8) is 0 Å². The van der Waals surface area contributed by atoms with Crippen LogP contribution in [0, 0.1) is 5.92 Å². The van der Waals surface area contributed by atoms with Crippen LogP contribution in [0.3, 0.4) is 0 Å². The minimum atomic E-state index is 0.833. The maximum Gasteiger partial charge on any atom is 0.153 e. The first-order valence-electron chi connectivity index (χ1n) is 7.12. The summed E-state index contributed by atoms with van der Waals surface area (Å²) in [6.45, 7) is 1.07. The van der Waals surface area contributed by atoms with E-state index in [0.717, 1.165) is 24.0 Å². The van der Waals surface area contributed by atoms with E-state index in [2.05, 4.69) is 21.5 Å². The molecule has 4 nitrogen and oxygen atoms in total. The van der Waals surface area contributed by atoms with Crippen molar-refractivity contribution in [3.8, 4) is 5.82 Å². The van der Waals surface area contributed by atoms with E-state index >= 15 is 0 Å². The molecular weight excluding hydrogens is 236 g/mol. The van der Waals surface area contributed by atoms with E-state index in [1.807, 2.05) is 24.5 Å². The lowest BCUT2D eigenvalue weighted by atomic mass is 9.89. The zero-order valence-electron chi connectivity index (χ0n) is 11.1. The third-order valence-corrected chi connectivity index (χ3v) is 3.81. The maximum atomic E-state index is 4.42. The highest BCUT2D eigenvalue weighted by Gasteiger charge is 2.12. The standard InChI is InChI=1S/C15H20N4/c1-2-5-13(6-3-1)11-16-14-7-8-15(17-12-14)19-10-4-9-18-19/h4,7-10,12-13,16H,1-3,5-6,11H2. The number of rotatable bonds is 4. The van der Waals surface area contributed by atoms with Crippen molar-refractivity contribution in [3.05, 3.63) is 36.8 Å². The van der Waals surface area contributed by atoms with Gasteiger partial charge in [-0.15, -0.1) is 0 Å². The molecule has 0 bridgehead atoms. The molecule has 2 aromatic rings. The fourth-order valence-corrected chi connectivity index (χ4v) is 2.68. The molecule has 0 atom stereocenters. The van der Waals surface area contributed by atoms with Gasteiger partial charge in [-0.3, -0.25) is 0 Å². The Bertz CT molecular complexity index is 483. The summed E-state index contributed by atoms with van der Waals surface area (Å²) in [5.74, 6) is 1.69. The molecule has 1 aliphatic rings. The van der Waals surface area contributed by atoms with Crippen molar-refractivity contribution in [2.24, 2.45) is 5.92 Å². The van der Waals surface area contributed by atoms with Crippen LogP contribution in [0.1, 0.15) is 32.1 Å². The van der Waals surface area contributed by atoms with Crippen LogP contribution in [0.25, 0.3) is 5.82 Å². The van der Waals surface area contributed by atoms with Gasteiger partial charge in [0.05, 0.1) is 11.9 Å². The Morgan fingerprint density at radius 2 is 2.11 bits per heavy atom. The number of hydrogen-bond acceptors (Lipinski definition) is 3. The van der Waals surface area contributed by atoms with Crippen molar-refractivity contribution >= 4 is 5.69 Å². The zero-order chi connectivity index (χ0) is 12.9. The van der Waals surface area contributed by atoms with Crippen LogP contribution in [-0.4, -0.2) is 21.3 Å². The molecule has 1 fully saturated rings. The Balaban J connectivity index is 1.57. The highest BCUT2D eigenvalue weighted by Crippen LogP contribution is 2.23. The van der Waals surface area contributed by atoms with Gasteiger partial charge in [-0.05, 0) is 37.0 Å². The molecular formula is C15H20N4. The number of nitrogens with zero attached hydrogens (tertiary/aromatic N) is 3. The Morgan fingerprint density at radius 3 is 2.79 bits per heavy atom. The summed E-state index contributed by atoms with van der Waals surface area (Å²) in [4.78, 5) is 4.42. The van der Waals surface area contributed by atoms with Crippen LogP contribution < -0.4 is 5.32 Å². The molecule has 0 aromatic carbocycles. The second-order valence-electron chi connectivity index (χ2n) is 5.24. The minimum absolute atomic E-state index is 0.833. The first-order valence-corrected chi connectivity index (χ1v) is 7.12. The van der Waals surface area contributed by atoms with Gasteiger partial charge < -0.3 is 5.32 Å². The van der Waals surface area contributed by atoms with E-state index < -0.39 is 0 Å². The third-order valence-electron chi connectivity index (χ3n) is 3.81. The van der Waals surface area contributed by atoms with Gasteiger partial charge in [0.15, 0.2) is 5.82 Å². The maximum absolute atomic E-state index is 4.42. The first-order chi connectivity index (χ1) is 9.42. The predicted octanol–water partition coefficient (Wildman–Crippen LogP) is 3.26. The molecule has 2 aromatic heterocycles. The topological polar surface area (TPSA) is 42.7 Å². The summed E-state index contributed by atoms with van der Waals surface area (Å²) >= 11 is 0. The highest BCUT2D eigenvalue weighted by atomic mass is 15.3. The van der Waals surface area contributed by atoms with Crippen LogP contribution in [0.5, 0.6) is 0 Å². The van der Waals surface area contributed by atoms with Gasteiger partial charge in [0.2, 0.25) is 0 Å². The van der Waals surface area contributed by atoms with Gasteiger partial charge in [-0.1, -0.05) is 19.3 Å². The molecule has 0 amide bonds. The van der Waals surface area contributed by atoms with Gasteiger partial charge in [0.25, 0.3) is 0 Å². The molecule has 1 saturated carbocycles. The Labute approximate surface area is 113 Å². The molecule has 4 heteroatoms. The van der Waals surface area contributed by atoms with E-state index in [9.17, 15) is 0 Å². The van der Waals surface area contributed by atoms with Crippen molar-refractivity contribution in [1.29, 1.82) is 0 Å². The van der Waals surface area contributed by atoms with Crippen molar-refractivity contribution in [2.75, 3.05) is 11.9 Å². The average Bonchev–Trinajstić information content (AvgIpc) is 3.01. The highest BCUT2D eigenvalue weighted by molar-refractivity contribution is 5.43. The van der Waals surface area contributed by atoms with Gasteiger partial charge >= 0.3 is 0 Å². The smallest absolute Gasteiger partial charge is 0.153 e. The molecule has 1 aliphatic carbocycles. The van der Waals surface area contributed by atoms with Crippen LogP contribution in [0.4, 0.5) is 5.69 Å². The molecule has 0 saturated heterocycles. The SMILES string of the molecule is c1cnn(-c2ccc(NCC3CCCCC3)cn2)c1. The third kappa shape index (κ3) is 3.13. The summed E-state index contributed by atoms with van der Waals surface area (Å²) in [5, 5.41) is 7.66. The molecule has 19 heavy (non-hydrogen) atoms. The fourth-order valence-electron chi connectivity index (χ4n) is 2.68. The van der Waals surface area contributed by atoms with E-state index in [4.69, 9.17) is 0 Å². The summed E-state index contributed by atoms with van der Waals surface area (Å²) in [6, 6.07) is 5.97. The van der Waals surface area contributed by atoms with Gasteiger partial charge in [-0.25, -0.2) is 9.67 Å². The summed E-state index contributed by atoms with van der Waals surface area (Å²) in [6.07, 6.45) is 12.5. The molecule has 3 rings (SSSR count). The van der Waals surface area contributed by atoms with E-state index in [0.29, 0.717) is 0 Å². The summed E-state index contributed by atoms with van der Waals surface area (Å²) in [5.41, 5.74) is 1.10. The molecule has 100 valence electrons. The lowest BCUT2D eigenvalue weighted by molar-refractivity contribution is 0.373. The largest absolute Gasteiger partial charge is 0.384 e. The number of pyridine rings is 1. The number of hydrogen-bond donors (Lipinski definition) is 1. The van der Waals surface area contributed by atoms with E-state index in [-0.39, 0.29) is 0 Å². The fraction of sp³-hybridized carbons (Fsp3) is 0.467. The van der Waals surface area contributed by atoms with Crippen LogP contribution in [0.15, 0.2) is 36.8 Å². The van der Waals surface area contributed by atoms with Gasteiger partial charge in [-0.2, -0.15) is 5.10 Å². The average molecular weight is 256 g/mol. The summed E-state index contributed by atoms with van der Waals surface area (Å²) < 4.78 is 1.77. The Kier molecular flexibility index (Phi) is 3.77. The lowest BCUT2D eigenvalue weighted by Crippen LogP contribution is -2.17.